The lowest BCUT2D eigenvalue weighted by molar-refractivity contribution is 0.0489. The lowest BCUT2D eigenvalue weighted by atomic mass is 9.91. The summed E-state index contributed by atoms with van der Waals surface area (Å²) in [6, 6.07) is 7.51. The molecule has 0 heterocycles. The minimum absolute atomic E-state index is 0.169. The molecular weight excluding hydrogens is 320 g/mol. The van der Waals surface area contributed by atoms with Crippen LogP contribution in [0.5, 0.6) is 0 Å². The number of carbonyl (C=O) groups is 2. The van der Waals surface area contributed by atoms with Gasteiger partial charge in [-0.3, -0.25) is 0 Å². The summed E-state index contributed by atoms with van der Waals surface area (Å²) in [5.74, 6) is -0.907. The van der Waals surface area contributed by atoms with Gasteiger partial charge in [-0.2, -0.15) is 0 Å². The Balaban J connectivity index is 1.70. The highest BCUT2D eigenvalue weighted by Crippen LogP contribution is 2.20. The fourth-order valence-corrected chi connectivity index (χ4v) is 2.94. The third-order valence-electron chi connectivity index (χ3n) is 4.24. The van der Waals surface area contributed by atoms with Gasteiger partial charge in [0, 0.05) is 18.6 Å². The fraction of sp³-hybridized carbons (Fsp3) is 0.579. The first-order valence-electron chi connectivity index (χ1n) is 8.78. The van der Waals surface area contributed by atoms with Crippen LogP contribution < -0.4 is 10.6 Å². The monoisotopic (exact) mass is 348 g/mol. The van der Waals surface area contributed by atoms with Crippen molar-refractivity contribution in [1.29, 1.82) is 0 Å². The minimum Gasteiger partial charge on any atom is -0.478 e. The number of rotatable bonds is 5. The van der Waals surface area contributed by atoms with Gasteiger partial charge in [-0.05, 0) is 64.2 Å². The Bertz CT molecular complexity index is 584. The van der Waals surface area contributed by atoms with E-state index < -0.39 is 11.6 Å². The lowest BCUT2D eigenvalue weighted by Gasteiger charge is -2.30. The largest absolute Gasteiger partial charge is 0.478 e. The Morgan fingerprint density at radius 2 is 1.64 bits per heavy atom. The third kappa shape index (κ3) is 6.74. The van der Waals surface area contributed by atoms with Gasteiger partial charge in [-0.25, -0.2) is 9.59 Å². The van der Waals surface area contributed by atoms with Crippen molar-refractivity contribution in [3.8, 4) is 0 Å². The van der Waals surface area contributed by atoms with Crippen molar-refractivity contribution >= 4 is 12.1 Å². The summed E-state index contributed by atoms with van der Waals surface area (Å²) in [7, 11) is 0. The predicted molar refractivity (Wildman–Crippen MR) is 95.7 cm³/mol. The standard InChI is InChI=1S/C19H28N2O4/c1-19(2,3)25-18(24)21-16-10-8-15(9-11-16)20-12-13-4-6-14(7-5-13)17(22)23/h4-7,15-16,20H,8-12H2,1-3H3,(H,21,24)(H,22,23). The van der Waals surface area contributed by atoms with E-state index in [2.05, 4.69) is 10.6 Å². The Morgan fingerprint density at radius 1 is 1.08 bits per heavy atom. The van der Waals surface area contributed by atoms with Crippen LogP contribution in [0.3, 0.4) is 0 Å². The number of aromatic carboxylic acids is 1. The molecular formula is C19H28N2O4. The molecule has 1 aliphatic carbocycles. The van der Waals surface area contributed by atoms with E-state index in [1.807, 2.05) is 32.9 Å². The van der Waals surface area contributed by atoms with E-state index in [1.54, 1.807) is 12.1 Å². The molecule has 0 aliphatic heterocycles. The molecule has 25 heavy (non-hydrogen) atoms. The van der Waals surface area contributed by atoms with Crippen molar-refractivity contribution in [1.82, 2.24) is 10.6 Å². The highest BCUT2D eigenvalue weighted by molar-refractivity contribution is 5.87. The van der Waals surface area contributed by atoms with Crippen molar-refractivity contribution in [2.24, 2.45) is 0 Å². The molecule has 0 bridgehead atoms. The van der Waals surface area contributed by atoms with Gasteiger partial charge in [-0.1, -0.05) is 12.1 Å². The second-order valence-corrected chi connectivity index (χ2v) is 7.58. The second kappa shape index (κ2) is 8.34. The number of benzene rings is 1. The number of carbonyl (C=O) groups excluding carboxylic acids is 1. The van der Waals surface area contributed by atoms with E-state index >= 15 is 0 Å². The average molecular weight is 348 g/mol. The first-order valence-corrected chi connectivity index (χ1v) is 8.78. The van der Waals surface area contributed by atoms with Crippen LogP contribution in [0.15, 0.2) is 24.3 Å². The smallest absolute Gasteiger partial charge is 0.407 e. The van der Waals surface area contributed by atoms with Crippen molar-refractivity contribution in [2.45, 2.75) is 70.7 Å². The zero-order chi connectivity index (χ0) is 18.4. The molecule has 2 rings (SSSR count). The molecule has 1 amide bonds. The van der Waals surface area contributed by atoms with Gasteiger partial charge < -0.3 is 20.5 Å². The number of hydrogen-bond donors (Lipinski definition) is 3. The molecule has 0 atom stereocenters. The molecule has 0 saturated heterocycles. The van der Waals surface area contributed by atoms with Gasteiger partial charge in [0.05, 0.1) is 5.56 Å². The fourth-order valence-electron chi connectivity index (χ4n) is 2.94. The number of nitrogens with one attached hydrogen (secondary N) is 2. The Morgan fingerprint density at radius 3 is 2.16 bits per heavy atom. The number of amides is 1. The zero-order valence-corrected chi connectivity index (χ0v) is 15.2. The summed E-state index contributed by atoms with van der Waals surface area (Å²) in [4.78, 5) is 22.7. The number of alkyl carbamates (subject to hydrolysis) is 1. The molecule has 0 radical (unpaired) electrons. The Hall–Kier alpha value is -2.08. The van der Waals surface area contributed by atoms with Gasteiger partial charge in [0.25, 0.3) is 0 Å². The van der Waals surface area contributed by atoms with Crippen LogP contribution in [0.25, 0.3) is 0 Å². The third-order valence-corrected chi connectivity index (χ3v) is 4.24. The number of ether oxygens (including phenoxy) is 1. The van der Waals surface area contributed by atoms with Crippen LogP contribution in [-0.4, -0.2) is 34.9 Å². The summed E-state index contributed by atoms with van der Waals surface area (Å²) in [5.41, 5.74) is 0.899. The van der Waals surface area contributed by atoms with Crippen molar-refractivity contribution in [3.63, 3.8) is 0 Å². The van der Waals surface area contributed by atoms with Gasteiger partial charge >= 0.3 is 12.1 Å². The second-order valence-electron chi connectivity index (χ2n) is 7.58. The molecule has 1 aromatic rings. The van der Waals surface area contributed by atoms with Gasteiger partial charge in [0.15, 0.2) is 0 Å². The Kier molecular flexibility index (Phi) is 6.42. The highest BCUT2D eigenvalue weighted by Gasteiger charge is 2.24. The van der Waals surface area contributed by atoms with Crippen LogP contribution in [-0.2, 0) is 11.3 Å². The summed E-state index contributed by atoms with van der Waals surface area (Å²) in [6.07, 6.45) is 3.49. The van der Waals surface area contributed by atoms with E-state index in [4.69, 9.17) is 9.84 Å². The summed E-state index contributed by atoms with van der Waals surface area (Å²) in [5, 5.41) is 15.4. The summed E-state index contributed by atoms with van der Waals surface area (Å²) < 4.78 is 5.29. The topological polar surface area (TPSA) is 87.7 Å². The molecule has 6 nitrogen and oxygen atoms in total. The SMILES string of the molecule is CC(C)(C)OC(=O)NC1CCC(NCc2ccc(C(=O)O)cc2)CC1. The van der Waals surface area contributed by atoms with Crippen LogP contribution in [0.1, 0.15) is 62.4 Å². The van der Waals surface area contributed by atoms with Gasteiger partial charge in [0.1, 0.15) is 5.60 Å². The van der Waals surface area contributed by atoms with Crippen LogP contribution >= 0.6 is 0 Å². The number of hydrogen-bond acceptors (Lipinski definition) is 4. The average Bonchev–Trinajstić information content (AvgIpc) is 2.53. The van der Waals surface area contributed by atoms with E-state index in [0.717, 1.165) is 31.2 Å². The van der Waals surface area contributed by atoms with Crippen LogP contribution in [0, 0.1) is 0 Å². The summed E-state index contributed by atoms with van der Waals surface area (Å²) in [6.45, 7) is 6.29. The number of carboxylic acids is 1. The maximum Gasteiger partial charge on any atom is 0.407 e. The van der Waals surface area contributed by atoms with E-state index in [9.17, 15) is 9.59 Å². The molecule has 1 aromatic carbocycles. The highest BCUT2D eigenvalue weighted by atomic mass is 16.6. The van der Waals surface area contributed by atoms with Crippen molar-refractivity contribution in [2.75, 3.05) is 0 Å². The molecule has 0 aromatic heterocycles. The maximum atomic E-state index is 11.8. The molecule has 0 spiro atoms. The first-order chi connectivity index (χ1) is 11.7. The van der Waals surface area contributed by atoms with Gasteiger partial charge in [-0.15, -0.1) is 0 Å². The van der Waals surface area contributed by atoms with E-state index in [1.165, 1.54) is 0 Å². The molecule has 6 heteroatoms. The van der Waals surface area contributed by atoms with Crippen LogP contribution in [0.2, 0.25) is 0 Å². The molecule has 1 fully saturated rings. The quantitative estimate of drug-likeness (QED) is 0.760. The van der Waals surface area contributed by atoms with E-state index in [0.29, 0.717) is 18.2 Å². The predicted octanol–water partition coefficient (Wildman–Crippen LogP) is 3.31. The van der Waals surface area contributed by atoms with Crippen molar-refractivity contribution < 1.29 is 19.4 Å². The van der Waals surface area contributed by atoms with Crippen molar-refractivity contribution in [3.05, 3.63) is 35.4 Å². The Labute approximate surface area is 149 Å². The van der Waals surface area contributed by atoms with Crippen LogP contribution in [0.4, 0.5) is 4.79 Å². The summed E-state index contributed by atoms with van der Waals surface area (Å²) >= 11 is 0. The molecule has 0 unspecified atom stereocenters. The maximum absolute atomic E-state index is 11.8. The molecule has 3 N–H and O–H groups in total. The first kappa shape index (κ1) is 19.2. The molecule has 1 aliphatic rings. The minimum atomic E-state index is -0.907. The van der Waals surface area contributed by atoms with E-state index in [-0.39, 0.29) is 12.1 Å². The molecule has 1 saturated carbocycles. The van der Waals surface area contributed by atoms with Gasteiger partial charge in [0.2, 0.25) is 0 Å². The zero-order valence-electron chi connectivity index (χ0n) is 15.2. The number of carboxylic acid groups (broad SMARTS) is 1. The molecule has 138 valence electrons. The lowest BCUT2D eigenvalue weighted by Crippen LogP contribution is -2.43. The normalized spacial score (nSPS) is 20.8.